The number of ether oxygens (including phenoxy) is 1. The fourth-order valence-electron chi connectivity index (χ4n) is 2.30. The van der Waals surface area contributed by atoms with Gasteiger partial charge in [0.1, 0.15) is 11.5 Å². The number of rotatable bonds is 2. The normalized spacial score (nSPS) is 12.0. The number of fused-ring (bicyclic) bond motifs is 2. The Balaban J connectivity index is 2.10. The first kappa shape index (κ1) is 12.2. The predicted molar refractivity (Wildman–Crippen MR) is 69.7 cm³/mol. The molecule has 0 saturated carbocycles. The van der Waals surface area contributed by atoms with Crippen molar-refractivity contribution in [3.63, 3.8) is 0 Å². The van der Waals surface area contributed by atoms with Gasteiger partial charge in [0.25, 0.3) is 0 Å². The Morgan fingerprint density at radius 2 is 1.80 bits per heavy atom. The maximum absolute atomic E-state index is 11.2. The molecule has 0 fully saturated rings. The summed E-state index contributed by atoms with van der Waals surface area (Å²) in [6.45, 7) is 0. The van der Waals surface area contributed by atoms with Gasteiger partial charge in [0.15, 0.2) is 0 Å². The second kappa shape index (κ2) is 4.38. The minimum Gasteiger partial charge on any atom is -0.478 e. The first-order valence-corrected chi connectivity index (χ1v) is 5.95. The van der Waals surface area contributed by atoms with Crippen LogP contribution < -0.4 is 4.74 Å². The lowest BCUT2D eigenvalue weighted by Gasteiger charge is -2.21. The van der Waals surface area contributed by atoms with Crippen molar-refractivity contribution in [3.8, 4) is 11.5 Å². The maximum Gasteiger partial charge on any atom is 0.336 e. The van der Waals surface area contributed by atoms with Crippen molar-refractivity contribution < 1.29 is 24.5 Å². The summed E-state index contributed by atoms with van der Waals surface area (Å²) < 4.78 is 5.65. The summed E-state index contributed by atoms with van der Waals surface area (Å²) in [5.41, 5.74) is 1.57. The Bertz CT molecular complexity index is 733. The Labute approximate surface area is 114 Å². The Kier molecular flexibility index (Phi) is 2.68. The minimum atomic E-state index is -1.02. The average Bonchev–Trinajstić information content (AvgIpc) is 2.43. The lowest BCUT2D eigenvalue weighted by molar-refractivity contribution is 0.0684. The van der Waals surface area contributed by atoms with Gasteiger partial charge in [-0.3, -0.25) is 0 Å². The molecule has 0 spiro atoms. The number of carboxylic acid groups (broad SMARTS) is 2. The summed E-state index contributed by atoms with van der Waals surface area (Å²) >= 11 is 0. The zero-order valence-electron chi connectivity index (χ0n) is 10.3. The third-order valence-corrected chi connectivity index (χ3v) is 3.26. The molecule has 5 heteroatoms. The summed E-state index contributed by atoms with van der Waals surface area (Å²) in [7, 11) is 0. The fraction of sp³-hybridized carbons (Fsp3) is 0.0667. The van der Waals surface area contributed by atoms with Gasteiger partial charge in [-0.1, -0.05) is 6.07 Å². The van der Waals surface area contributed by atoms with E-state index in [2.05, 4.69) is 0 Å². The molecule has 3 rings (SSSR count). The summed E-state index contributed by atoms with van der Waals surface area (Å²) in [6, 6.07) is 9.41. The van der Waals surface area contributed by atoms with E-state index >= 15 is 0 Å². The Morgan fingerprint density at radius 1 is 1.00 bits per heavy atom. The van der Waals surface area contributed by atoms with Crippen LogP contribution in [-0.4, -0.2) is 22.2 Å². The molecule has 2 aromatic rings. The van der Waals surface area contributed by atoms with Gasteiger partial charge in [-0.05, 0) is 30.3 Å². The van der Waals surface area contributed by atoms with E-state index in [-0.39, 0.29) is 11.1 Å². The first-order valence-electron chi connectivity index (χ1n) is 5.95. The van der Waals surface area contributed by atoms with Crippen LogP contribution in [0.25, 0.3) is 0 Å². The van der Waals surface area contributed by atoms with E-state index in [0.717, 1.165) is 0 Å². The molecule has 0 amide bonds. The van der Waals surface area contributed by atoms with E-state index < -0.39 is 11.9 Å². The zero-order chi connectivity index (χ0) is 14.3. The van der Waals surface area contributed by atoms with Gasteiger partial charge in [0.2, 0.25) is 0 Å². The topological polar surface area (TPSA) is 83.8 Å². The minimum absolute atomic E-state index is 0.156. The highest BCUT2D eigenvalue weighted by atomic mass is 16.5. The molecule has 100 valence electrons. The number of carboxylic acids is 2. The summed E-state index contributed by atoms with van der Waals surface area (Å²) in [5, 5.41) is 18.2. The smallest absolute Gasteiger partial charge is 0.336 e. The maximum atomic E-state index is 11.2. The van der Waals surface area contributed by atoms with Crippen LogP contribution in [0, 0.1) is 0 Å². The zero-order valence-corrected chi connectivity index (χ0v) is 10.3. The molecule has 0 saturated heterocycles. The molecule has 20 heavy (non-hydrogen) atoms. The van der Waals surface area contributed by atoms with Crippen LogP contribution in [-0.2, 0) is 6.42 Å². The van der Waals surface area contributed by atoms with Crippen LogP contribution >= 0.6 is 0 Å². The molecule has 2 aromatic carbocycles. The number of carbonyl (C=O) groups is 2. The number of hydrogen-bond acceptors (Lipinski definition) is 3. The summed E-state index contributed by atoms with van der Waals surface area (Å²) in [4.78, 5) is 22.2. The Morgan fingerprint density at radius 3 is 2.50 bits per heavy atom. The molecule has 2 N–H and O–H groups in total. The molecule has 0 aromatic heterocycles. The van der Waals surface area contributed by atoms with Gasteiger partial charge in [0.05, 0.1) is 11.1 Å². The molecule has 1 aliphatic rings. The molecule has 0 radical (unpaired) electrons. The second-order valence-electron chi connectivity index (χ2n) is 4.49. The SMILES string of the molecule is O=C(O)c1ccc2c(c1)Cc1c(cccc1C(=O)O)O2. The van der Waals surface area contributed by atoms with Crippen LogP contribution in [0.1, 0.15) is 31.8 Å². The van der Waals surface area contributed by atoms with Crippen molar-refractivity contribution in [1.29, 1.82) is 0 Å². The van der Waals surface area contributed by atoms with Crippen molar-refractivity contribution in [2.45, 2.75) is 6.42 Å². The van der Waals surface area contributed by atoms with Crippen LogP contribution in [0.3, 0.4) is 0 Å². The molecule has 1 heterocycles. The molecule has 1 aliphatic heterocycles. The number of hydrogen-bond donors (Lipinski definition) is 2. The van der Waals surface area contributed by atoms with Crippen molar-refractivity contribution in [2.24, 2.45) is 0 Å². The summed E-state index contributed by atoms with van der Waals surface area (Å²) in [5.74, 6) is -0.987. The molecular weight excluding hydrogens is 260 g/mol. The Hall–Kier alpha value is -2.82. The third-order valence-electron chi connectivity index (χ3n) is 3.26. The van der Waals surface area contributed by atoms with E-state index in [9.17, 15) is 14.7 Å². The van der Waals surface area contributed by atoms with E-state index in [1.807, 2.05) is 0 Å². The van der Waals surface area contributed by atoms with Gasteiger partial charge in [-0.25, -0.2) is 9.59 Å². The predicted octanol–water partition coefficient (Wildman–Crippen LogP) is 2.78. The molecule has 0 unspecified atom stereocenters. The highest BCUT2D eigenvalue weighted by Gasteiger charge is 2.23. The van der Waals surface area contributed by atoms with Crippen LogP contribution in [0.15, 0.2) is 36.4 Å². The molecule has 0 bridgehead atoms. The van der Waals surface area contributed by atoms with E-state index in [1.54, 1.807) is 18.2 Å². The van der Waals surface area contributed by atoms with Crippen LogP contribution in [0.2, 0.25) is 0 Å². The number of benzene rings is 2. The summed E-state index contributed by atoms with van der Waals surface area (Å²) in [6.07, 6.45) is 0.342. The molecule has 0 atom stereocenters. The van der Waals surface area contributed by atoms with Gasteiger partial charge in [-0.15, -0.1) is 0 Å². The molecule has 5 nitrogen and oxygen atoms in total. The van der Waals surface area contributed by atoms with Gasteiger partial charge in [-0.2, -0.15) is 0 Å². The number of aromatic carboxylic acids is 2. The van der Waals surface area contributed by atoms with Crippen molar-refractivity contribution in [3.05, 3.63) is 58.7 Å². The highest BCUT2D eigenvalue weighted by molar-refractivity contribution is 5.91. The third kappa shape index (κ3) is 1.89. The molecule has 0 aliphatic carbocycles. The van der Waals surface area contributed by atoms with E-state index in [0.29, 0.717) is 29.0 Å². The van der Waals surface area contributed by atoms with Crippen molar-refractivity contribution >= 4 is 11.9 Å². The first-order chi connectivity index (χ1) is 9.56. The van der Waals surface area contributed by atoms with E-state index in [4.69, 9.17) is 9.84 Å². The standard InChI is InChI=1S/C15H10O5/c16-14(17)8-4-5-12-9(6-8)7-11-10(15(18)19)2-1-3-13(11)20-12/h1-6H,7H2,(H,16,17)(H,18,19). The van der Waals surface area contributed by atoms with Crippen molar-refractivity contribution in [1.82, 2.24) is 0 Å². The largest absolute Gasteiger partial charge is 0.478 e. The average molecular weight is 270 g/mol. The quantitative estimate of drug-likeness (QED) is 0.748. The lowest BCUT2D eigenvalue weighted by Crippen LogP contribution is -2.10. The lowest BCUT2D eigenvalue weighted by atomic mass is 9.95. The van der Waals surface area contributed by atoms with Gasteiger partial charge in [0, 0.05) is 17.5 Å². The van der Waals surface area contributed by atoms with Crippen molar-refractivity contribution in [2.75, 3.05) is 0 Å². The fourth-order valence-corrected chi connectivity index (χ4v) is 2.30. The van der Waals surface area contributed by atoms with Crippen LogP contribution in [0.4, 0.5) is 0 Å². The van der Waals surface area contributed by atoms with Gasteiger partial charge >= 0.3 is 11.9 Å². The monoisotopic (exact) mass is 270 g/mol. The highest BCUT2D eigenvalue weighted by Crippen LogP contribution is 2.38. The van der Waals surface area contributed by atoms with Crippen LogP contribution in [0.5, 0.6) is 11.5 Å². The van der Waals surface area contributed by atoms with Gasteiger partial charge < -0.3 is 14.9 Å². The molecular formula is C15H10O5. The van der Waals surface area contributed by atoms with E-state index in [1.165, 1.54) is 18.2 Å². The second-order valence-corrected chi connectivity index (χ2v) is 4.49.